The number of aromatic nitrogens is 2. The summed E-state index contributed by atoms with van der Waals surface area (Å²) in [4.78, 5) is 11.7. The number of anilines is 1. The van der Waals surface area contributed by atoms with Gasteiger partial charge in [0, 0.05) is 29.0 Å². The van der Waals surface area contributed by atoms with Gasteiger partial charge in [0.2, 0.25) is 0 Å². The summed E-state index contributed by atoms with van der Waals surface area (Å²) < 4.78 is 1.06. The third-order valence-corrected chi connectivity index (χ3v) is 4.72. The molecule has 4 nitrogen and oxygen atoms in total. The van der Waals surface area contributed by atoms with Gasteiger partial charge in [0.05, 0.1) is 12.0 Å². The van der Waals surface area contributed by atoms with Crippen LogP contribution in [0.4, 0.5) is 5.82 Å². The minimum absolute atomic E-state index is 0.0970. The normalized spacial score (nSPS) is 11.0. The average Bonchev–Trinajstić information content (AvgIpc) is 2.92. The summed E-state index contributed by atoms with van der Waals surface area (Å²) in [5.41, 5.74) is 2.26. The van der Waals surface area contributed by atoms with Crippen LogP contribution in [0.3, 0.4) is 0 Å². The predicted octanol–water partition coefficient (Wildman–Crippen LogP) is 3.55. The average molecular weight is 364 g/mol. The Labute approximate surface area is 135 Å². The fourth-order valence-corrected chi connectivity index (χ4v) is 3.42. The van der Waals surface area contributed by atoms with Crippen molar-refractivity contribution in [2.75, 3.05) is 25.1 Å². The Balaban J connectivity index is 2.17. The highest BCUT2D eigenvalue weighted by atomic mass is 79.9. The molecular formula is C15H14BrN3OS. The molecule has 21 heavy (non-hydrogen) atoms. The number of aliphatic hydroxyl groups excluding tert-OH is 1. The summed E-state index contributed by atoms with van der Waals surface area (Å²) in [5.74, 6) is 0.855. The first kappa shape index (κ1) is 14.4. The zero-order valence-electron chi connectivity index (χ0n) is 11.5. The lowest BCUT2D eigenvalue weighted by molar-refractivity contribution is 0.304. The third-order valence-electron chi connectivity index (χ3n) is 3.30. The molecule has 0 aliphatic carbocycles. The van der Waals surface area contributed by atoms with Crippen molar-refractivity contribution < 1.29 is 5.11 Å². The van der Waals surface area contributed by atoms with Crippen LogP contribution in [0.5, 0.6) is 0 Å². The van der Waals surface area contributed by atoms with E-state index in [1.165, 1.54) is 0 Å². The topological polar surface area (TPSA) is 49.2 Å². The van der Waals surface area contributed by atoms with Gasteiger partial charge >= 0.3 is 0 Å². The Morgan fingerprint density at radius 3 is 2.71 bits per heavy atom. The van der Waals surface area contributed by atoms with Gasteiger partial charge in [-0.1, -0.05) is 28.1 Å². The molecule has 2 aromatic heterocycles. The SMILES string of the molecule is CN(CCO)c1ncnc2scc(-c3ccc(Br)cc3)c12. The van der Waals surface area contributed by atoms with Crippen molar-refractivity contribution in [3.8, 4) is 11.1 Å². The molecule has 108 valence electrons. The zero-order chi connectivity index (χ0) is 14.8. The number of hydrogen-bond donors (Lipinski definition) is 1. The highest BCUT2D eigenvalue weighted by molar-refractivity contribution is 9.10. The second-order valence-corrected chi connectivity index (χ2v) is 6.45. The zero-order valence-corrected chi connectivity index (χ0v) is 13.9. The van der Waals surface area contributed by atoms with Crippen LogP contribution in [0, 0.1) is 0 Å². The van der Waals surface area contributed by atoms with Crippen molar-refractivity contribution in [2.45, 2.75) is 0 Å². The summed E-state index contributed by atoms with van der Waals surface area (Å²) in [5, 5.41) is 12.3. The molecule has 1 aromatic carbocycles. The van der Waals surface area contributed by atoms with E-state index in [0.717, 1.165) is 31.6 Å². The van der Waals surface area contributed by atoms with E-state index in [1.807, 2.05) is 24.1 Å². The Hall–Kier alpha value is -1.50. The van der Waals surface area contributed by atoms with Crippen LogP contribution < -0.4 is 4.90 Å². The van der Waals surface area contributed by atoms with E-state index in [1.54, 1.807) is 17.7 Å². The Morgan fingerprint density at radius 1 is 1.24 bits per heavy atom. The van der Waals surface area contributed by atoms with Gasteiger partial charge in [-0.25, -0.2) is 9.97 Å². The number of halogens is 1. The highest BCUT2D eigenvalue weighted by Gasteiger charge is 2.15. The molecule has 0 saturated carbocycles. The summed E-state index contributed by atoms with van der Waals surface area (Å²) >= 11 is 5.07. The lowest BCUT2D eigenvalue weighted by atomic mass is 10.1. The van der Waals surface area contributed by atoms with E-state index < -0.39 is 0 Å². The molecule has 1 N–H and O–H groups in total. The molecule has 0 unspecified atom stereocenters. The molecule has 3 rings (SSSR count). The van der Waals surface area contributed by atoms with Crippen LogP contribution in [0.15, 0.2) is 40.4 Å². The number of benzene rings is 1. The number of aliphatic hydroxyl groups is 1. The van der Waals surface area contributed by atoms with Crippen molar-refractivity contribution in [3.63, 3.8) is 0 Å². The lowest BCUT2D eigenvalue weighted by Crippen LogP contribution is -2.22. The van der Waals surface area contributed by atoms with E-state index in [-0.39, 0.29) is 6.61 Å². The molecule has 0 amide bonds. The van der Waals surface area contributed by atoms with Crippen LogP contribution >= 0.6 is 27.3 Å². The monoisotopic (exact) mass is 363 g/mol. The predicted molar refractivity (Wildman–Crippen MR) is 90.9 cm³/mol. The number of fused-ring (bicyclic) bond motifs is 1. The molecule has 0 aliphatic heterocycles. The van der Waals surface area contributed by atoms with Crippen LogP contribution in [0.2, 0.25) is 0 Å². The van der Waals surface area contributed by atoms with Gasteiger partial charge in [-0.2, -0.15) is 0 Å². The fourth-order valence-electron chi connectivity index (χ4n) is 2.25. The van der Waals surface area contributed by atoms with Gasteiger partial charge < -0.3 is 10.0 Å². The van der Waals surface area contributed by atoms with Crippen molar-refractivity contribution >= 4 is 43.3 Å². The van der Waals surface area contributed by atoms with Crippen LogP contribution in [-0.4, -0.2) is 35.3 Å². The van der Waals surface area contributed by atoms with Gasteiger partial charge in [0.15, 0.2) is 0 Å². The molecule has 2 heterocycles. The van der Waals surface area contributed by atoms with Gasteiger partial charge in [0.25, 0.3) is 0 Å². The highest BCUT2D eigenvalue weighted by Crippen LogP contribution is 2.37. The maximum absolute atomic E-state index is 9.15. The standard InChI is InChI=1S/C15H14BrN3OS/c1-19(6-7-20)14-13-12(8-21-15(13)18-9-17-14)10-2-4-11(16)5-3-10/h2-5,8-9,20H,6-7H2,1H3. The Morgan fingerprint density at radius 2 is 2.00 bits per heavy atom. The first-order valence-corrected chi connectivity index (χ1v) is 8.18. The number of nitrogens with zero attached hydrogens (tertiary/aromatic N) is 3. The summed E-state index contributed by atoms with van der Waals surface area (Å²) in [6.45, 7) is 0.640. The molecule has 0 atom stereocenters. The Kier molecular flexibility index (Phi) is 4.19. The van der Waals surface area contributed by atoms with Crippen molar-refractivity contribution in [2.24, 2.45) is 0 Å². The minimum atomic E-state index is 0.0970. The molecule has 6 heteroatoms. The van der Waals surface area contributed by atoms with Gasteiger partial charge in [-0.15, -0.1) is 11.3 Å². The second-order valence-electron chi connectivity index (χ2n) is 4.68. The first-order valence-electron chi connectivity index (χ1n) is 6.51. The van der Waals surface area contributed by atoms with E-state index in [0.29, 0.717) is 6.54 Å². The van der Waals surface area contributed by atoms with E-state index in [2.05, 4.69) is 43.4 Å². The molecule has 0 radical (unpaired) electrons. The third kappa shape index (κ3) is 2.79. The molecular weight excluding hydrogens is 350 g/mol. The van der Waals surface area contributed by atoms with E-state index in [4.69, 9.17) is 5.11 Å². The minimum Gasteiger partial charge on any atom is -0.395 e. The van der Waals surface area contributed by atoms with Gasteiger partial charge in [-0.3, -0.25) is 0 Å². The van der Waals surface area contributed by atoms with Crippen molar-refractivity contribution in [1.82, 2.24) is 9.97 Å². The molecule has 3 aromatic rings. The second kappa shape index (κ2) is 6.09. The lowest BCUT2D eigenvalue weighted by Gasteiger charge is -2.18. The van der Waals surface area contributed by atoms with Crippen LogP contribution in [0.25, 0.3) is 21.3 Å². The maximum Gasteiger partial charge on any atom is 0.141 e. The largest absolute Gasteiger partial charge is 0.395 e. The van der Waals surface area contributed by atoms with Crippen LogP contribution in [-0.2, 0) is 0 Å². The van der Waals surface area contributed by atoms with Gasteiger partial charge in [0.1, 0.15) is 17.0 Å². The fraction of sp³-hybridized carbons (Fsp3) is 0.200. The molecule has 0 fully saturated rings. The van der Waals surface area contributed by atoms with E-state index >= 15 is 0 Å². The van der Waals surface area contributed by atoms with Crippen molar-refractivity contribution in [1.29, 1.82) is 0 Å². The molecule has 0 aliphatic rings. The van der Waals surface area contributed by atoms with Crippen molar-refractivity contribution in [3.05, 3.63) is 40.4 Å². The smallest absolute Gasteiger partial charge is 0.141 e. The number of thiophene rings is 1. The van der Waals surface area contributed by atoms with Crippen LogP contribution in [0.1, 0.15) is 0 Å². The molecule has 0 saturated heterocycles. The quantitative estimate of drug-likeness (QED) is 0.769. The number of rotatable bonds is 4. The summed E-state index contributed by atoms with van der Waals surface area (Å²) in [7, 11) is 1.93. The molecule has 0 bridgehead atoms. The molecule has 0 spiro atoms. The van der Waals surface area contributed by atoms with Gasteiger partial charge in [-0.05, 0) is 17.7 Å². The first-order chi connectivity index (χ1) is 10.2. The summed E-state index contributed by atoms with van der Waals surface area (Å²) in [6, 6.07) is 8.21. The Bertz CT molecular complexity index is 757. The summed E-state index contributed by atoms with van der Waals surface area (Å²) in [6.07, 6.45) is 1.58. The maximum atomic E-state index is 9.15. The van der Waals surface area contributed by atoms with E-state index in [9.17, 15) is 0 Å². The number of hydrogen-bond acceptors (Lipinski definition) is 5. The number of likely N-dealkylation sites (N-methyl/N-ethyl adjacent to an activating group) is 1.